The van der Waals surface area contributed by atoms with E-state index < -0.39 is 0 Å². The maximum Gasteiger partial charge on any atom is 0.261 e. The molecule has 0 saturated carbocycles. The Morgan fingerprint density at radius 1 is 1.22 bits per heavy atom. The highest BCUT2D eigenvalue weighted by Crippen LogP contribution is 2.16. The summed E-state index contributed by atoms with van der Waals surface area (Å²) >= 11 is 0. The number of fused-ring (bicyclic) bond motifs is 1. The largest absolute Gasteiger partial charge is 0.271 e. The molecule has 0 bridgehead atoms. The number of nitrogens with one attached hydrogen (secondary N) is 1. The minimum Gasteiger partial charge on any atom is -0.271 e. The molecule has 0 aliphatic heterocycles. The van der Waals surface area contributed by atoms with E-state index >= 15 is 0 Å². The maximum absolute atomic E-state index is 11.9. The molecule has 3 rings (SSSR count). The number of hydrogen-bond acceptors (Lipinski definition) is 3. The third-order valence-corrected chi connectivity index (χ3v) is 3.61. The number of carbonyl (C=O) groups excluding carboxylic acids is 1. The van der Waals surface area contributed by atoms with Crippen LogP contribution in [-0.4, -0.2) is 21.9 Å². The highest BCUT2D eigenvalue weighted by Gasteiger charge is 2.06. The number of hydrogen-bond donors (Lipinski definition) is 1. The van der Waals surface area contributed by atoms with Crippen LogP contribution in [0.4, 0.5) is 0 Å². The predicted octanol–water partition coefficient (Wildman–Crippen LogP) is 2.80. The Morgan fingerprint density at radius 2 is 2.00 bits per heavy atom. The molecule has 3 aromatic rings. The Kier molecular flexibility index (Phi) is 4.19. The number of carbonyl (C=O) groups is 1. The number of amides is 1. The normalized spacial score (nSPS) is 11.2. The molecule has 1 heterocycles. The van der Waals surface area contributed by atoms with Gasteiger partial charge in [0.1, 0.15) is 6.54 Å². The summed E-state index contributed by atoms with van der Waals surface area (Å²) in [4.78, 5) is 11.9. The van der Waals surface area contributed by atoms with Gasteiger partial charge in [-0.2, -0.15) is 10.2 Å². The number of aromatic nitrogens is 2. The molecule has 1 N–H and O–H groups in total. The summed E-state index contributed by atoms with van der Waals surface area (Å²) in [7, 11) is 0. The Bertz CT molecular complexity index is 874. The van der Waals surface area contributed by atoms with Crippen molar-refractivity contribution >= 4 is 22.9 Å². The van der Waals surface area contributed by atoms with Crippen molar-refractivity contribution < 1.29 is 4.79 Å². The lowest BCUT2D eigenvalue weighted by Gasteiger charge is -2.03. The van der Waals surface area contributed by atoms with Crippen LogP contribution in [0, 0.1) is 13.8 Å². The summed E-state index contributed by atoms with van der Waals surface area (Å²) in [6.45, 7) is 3.99. The lowest BCUT2D eigenvalue weighted by atomic mass is 10.1. The van der Waals surface area contributed by atoms with E-state index in [4.69, 9.17) is 0 Å². The average Bonchev–Trinajstić information content (AvgIpc) is 2.85. The molecule has 1 amide bonds. The highest BCUT2D eigenvalue weighted by atomic mass is 16.2. The van der Waals surface area contributed by atoms with Gasteiger partial charge in [-0.1, -0.05) is 42.5 Å². The van der Waals surface area contributed by atoms with E-state index in [1.165, 1.54) is 0 Å². The van der Waals surface area contributed by atoms with E-state index in [9.17, 15) is 4.79 Å². The van der Waals surface area contributed by atoms with Crippen molar-refractivity contribution in [1.29, 1.82) is 0 Å². The van der Waals surface area contributed by atoms with Gasteiger partial charge in [0.05, 0.1) is 11.9 Å². The van der Waals surface area contributed by atoms with E-state index in [0.29, 0.717) is 0 Å². The predicted molar refractivity (Wildman–Crippen MR) is 91.4 cm³/mol. The highest BCUT2D eigenvalue weighted by molar-refractivity contribution is 5.99. The first-order valence-corrected chi connectivity index (χ1v) is 7.44. The molecule has 116 valence electrons. The second-order valence-electron chi connectivity index (χ2n) is 5.45. The summed E-state index contributed by atoms with van der Waals surface area (Å²) in [6, 6.07) is 16.0. The molecule has 0 aliphatic carbocycles. The summed E-state index contributed by atoms with van der Waals surface area (Å²) in [6.07, 6.45) is 1.67. The fourth-order valence-electron chi connectivity index (χ4n) is 2.54. The van der Waals surface area contributed by atoms with Crippen molar-refractivity contribution in [2.45, 2.75) is 20.4 Å². The van der Waals surface area contributed by atoms with Crippen molar-refractivity contribution in [1.82, 2.24) is 15.2 Å². The second-order valence-corrected chi connectivity index (χ2v) is 5.45. The quantitative estimate of drug-likeness (QED) is 0.595. The molecule has 0 spiro atoms. The Hall–Kier alpha value is -2.95. The minimum absolute atomic E-state index is 0.159. The van der Waals surface area contributed by atoms with Crippen LogP contribution >= 0.6 is 0 Å². The zero-order valence-electron chi connectivity index (χ0n) is 13.2. The Labute approximate surface area is 134 Å². The molecular formula is C18H18N4O. The van der Waals surface area contributed by atoms with Crippen LogP contribution < -0.4 is 5.43 Å². The number of benzene rings is 2. The fourth-order valence-corrected chi connectivity index (χ4v) is 2.54. The lowest BCUT2D eigenvalue weighted by Crippen LogP contribution is -2.24. The zero-order chi connectivity index (χ0) is 16.2. The second kappa shape index (κ2) is 6.44. The molecule has 0 saturated heterocycles. The maximum atomic E-state index is 11.9. The van der Waals surface area contributed by atoms with Gasteiger partial charge in [0, 0.05) is 11.3 Å². The van der Waals surface area contributed by atoms with Crippen LogP contribution in [0.2, 0.25) is 0 Å². The van der Waals surface area contributed by atoms with Gasteiger partial charge in [-0.05, 0) is 30.7 Å². The zero-order valence-corrected chi connectivity index (χ0v) is 13.2. The first-order valence-electron chi connectivity index (χ1n) is 7.44. The van der Waals surface area contributed by atoms with Gasteiger partial charge in [0.25, 0.3) is 5.91 Å². The number of aryl methyl sites for hydroxylation is 2. The van der Waals surface area contributed by atoms with Gasteiger partial charge >= 0.3 is 0 Å². The molecule has 0 aliphatic rings. The topological polar surface area (TPSA) is 59.3 Å². The van der Waals surface area contributed by atoms with Crippen molar-refractivity contribution in [2.75, 3.05) is 0 Å². The molecule has 2 aromatic carbocycles. The van der Waals surface area contributed by atoms with Crippen LogP contribution in [0.5, 0.6) is 0 Å². The van der Waals surface area contributed by atoms with Crippen molar-refractivity contribution in [2.24, 2.45) is 5.10 Å². The summed E-state index contributed by atoms with van der Waals surface area (Å²) in [5, 5.41) is 10.6. The fraction of sp³-hybridized carbons (Fsp3) is 0.167. The van der Waals surface area contributed by atoms with Crippen LogP contribution in [0.15, 0.2) is 53.6 Å². The van der Waals surface area contributed by atoms with Crippen molar-refractivity contribution in [3.63, 3.8) is 0 Å². The van der Waals surface area contributed by atoms with E-state index in [-0.39, 0.29) is 12.5 Å². The van der Waals surface area contributed by atoms with E-state index in [2.05, 4.69) is 15.6 Å². The summed E-state index contributed by atoms with van der Waals surface area (Å²) in [5.74, 6) is -0.201. The average molecular weight is 306 g/mol. The standard InChI is InChI=1S/C18H18N4O/c1-13-10-14(2)22(21-13)12-18(23)20-19-11-16-8-5-7-15-6-3-4-9-17(15)16/h3-11H,12H2,1-2H3,(H,20,23)/b19-11+. The third-order valence-electron chi connectivity index (χ3n) is 3.61. The monoisotopic (exact) mass is 306 g/mol. The van der Waals surface area contributed by atoms with Gasteiger partial charge in [-0.3, -0.25) is 9.48 Å². The van der Waals surface area contributed by atoms with Crippen LogP contribution in [-0.2, 0) is 11.3 Å². The Balaban J connectivity index is 1.68. The first-order chi connectivity index (χ1) is 11.1. The number of hydrazone groups is 1. The smallest absolute Gasteiger partial charge is 0.261 e. The van der Waals surface area contributed by atoms with E-state index in [1.807, 2.05) is 62.4 Å². The van der Waals surface area contributed by atoms with Gasteiger partial charge < -0.3 is 0 Å². The van der Waals surface area contributed by atoms with Gasteiger partial charge in [0.2, 0.25) is 0 Å². The summed E-state index contributed by atoms with van der Waals surface area (Å²) in [5.41, 5.74) is 5.37. The lowest BCUT2D eigenvalue weighted by molar-refractivity contribution is -0.121. The molecule has 5 nitrogen and oxygen atoms in total. The molecule has 0 fully saturated rings. The SMILES string of the molecule is Cc1cc(C)n(CC(=O)N/N=C/c2cccc3ccccc23)n1. The number of nitrogens with zero attached hydrogens (tertiary/aromatic N) is 3. The third kappa shape index (κ3) is 3.45. The molecule has 23 heavy (non-hydrogen) atoms. The van der Waals surface area contributed by atoms with Crippen LogP contribution in [0.25, 0.3) is 10.8 Å². The molecule has 5 heteroatoms. The van der Waals surface area contributed by atoms with Gasteiger partial charge in [0.15, 0.2) is 0 Å². The molecular weight excluding hydrogens is 288 g/mol. The van der Waals surface area contributed by atoms with Crippen molar-refractivity contribution in [3.8, 4) is 0 Å². The minimum atomic E-state index is -0.201. The number of rotatable bonds is 4. The Morgan fingerprint density at radius 3 is 2.78 bits per heavy atom. The summed E-state index contributed by atoms with van der Waals surface area (Å²) < 4.78 is 1.66. The molecule has 0 unspecified atom stereocenters. The van der Waals surface area contributed by atoms with Crippen LogP contribution in [0.3, 0.4) is 0 Å². The molecule has 1 aromatic heterocycles. The molecule has 0 radical (unpaired) electrons. The van der Waals surface area contributed by atoms with E-state index in [1.54, 1.807) is 10.9 Å². The van der Waals surface area contributed by atoms with Gasteiger partial charge in [-0.25, -0.2) is 5.43 Å². The first kappa shape index (κ1) is 15.0. The van der Waals surface area contributed by atoms with Crippen molar-refractivity contribution in [3.05, 3.63) is 65.5 Å². The van der Waals surface area contributed by atoms with E-state index in [0.717, 1.165) is 27.7 Å². The van der Waals surface area contributed by atoms with Crippen LogP contribution in [0.1, 0.15) is 17.0 Å². The molecule has 0 atom stereocenters. The van der Waals surface area contributed by atoms with Gasteiger partial charge in [-0.15, -0.1) is 0 Å².